The van der Waals surface area contributed by atoms with Crippen molar-refractivity contribution in [3.05, 3.63) is 12.2 Å². The van der Waals surface area contributed by atoms with E-state index in [1.807, 2.05) is 27.7 Å². The SMILES string of the molecule is C=C1C2CCC3C45COC(O)(C(O)C4C(C)(C)CCC5=O)C34C(=O)C1(C(=O)C1CCN(C(=O)C(N)C(C)C)CC1)C24. The third-order valence-corrected chi connectivity index (χ3v) is 13.3. The van der Waals surface area contributed by atoms with Gasteiger partial charge in [-0.15, -0.1) is 0 Å². The summed E-state index contributed by atoms with van der Waals surface area (Å²) in [5.41, 5.74) is 2.33. The van der Waals surface area contributed by atoms with Crippen molar-refractivity contribution >= 4 is 23.3 Å². The molecule has 0 aromatic heterocycles. The van der Waals surface area contributed by atoms with Gasteiger partial charge in [-0.3, -0.25) is 19.2 Å². The number of ether oxygens (including phenoxy) is 1. The number of carbonyl (C=O) groups excluding carboxylic acids is 4. The van der Waals surface area contributed by atoms with E-state index in [1.165, 1.54) is 0 Å². The number of Topliss-reactive ketones (excluding diaryl/α,β-unsaturated/α-hetero) is 3. The summed E-state index contributed by atoms with van der Waals surface area (Å²) in [6.45, 7) is 12.9. The lowest BCUT2D eigenvalue weighted by Crippen LogP contribution is -2.95. The lowest BCUT2D eigenvalue weighted by Gasteiger charge is -2.84. The Hall–Kier alpha value is -1.94. The molecule has 8 aliphatic rings. The number of ketones is 3. The van der Waals surface area contributed by atoms with Crippen molar-refractivity contribution < 1.29 is 34.1 Å². The molecule has 3 saturated heterocycles. The fourth-order valence-electron chi connectivity index (χ4n) is 11.4. The highest BCUT2D eigenvalue weighted by Crippen LogP contribution is 2.87. The number of amides is 1. The van der Waals surface area contributed by atoms with E-state index in [4.69, 9.17) is 10.5 Å². The number of carbonyl (C=O) groups is 4. The number of likely N-dealkylation sites (tertiary alicyclic amines) is 1. The second-order valence-corrected chi connectivity index (χ2v) is 15.3. The van der Waals surface area contributed by atoms with Gasteiger partial charge in [0, 0.05) is 37.3 Å². The van der Waals surface area contributed by atoms with Gasteiger partial charge in [-0.25, -0.2) is 0 Å². The Labute approximate surface area is 241 Å². The lowest BCUT2D eigenvalue weighted by atomic mass is 9.18. The molecule has 2 bridgehead atoms. The molecule has 3 aliphatic heterocycles. The van der Waals surface area contributed by atoms with E-state index in [0.717, 1.165) is 0 Å². The van der Waals surface area contributed by atoms with Crippen LogP contribution in [0.15, 0.2) is 12.2 Å². The van der Waals surface area contributed by atoms with Crippen LogP contribution in [0.5, 0.6) is 0 Å². The van der Waals surface area contributed by atoms with Crippen LogP contribution in [-0.2, 0) is 23.9 Å². The molecule has 0 radical (unpaired) electrons. The van der Waals surface area contributed by atoms with E-state index in [2.05, 4.69) is 6.58 Å². The van der Waals surface area contributed by atoms with E-state index in [-0.39, 0.29) is 35.9 Å². The van der Waals surface area contributed by atoms with Crippen LogP contribution < -0.4 is 5.73 Å². The molecule has 8 rings (SSSR count). The van der Waals surface area contributed by atoms with Crippen LogP contribution in [0.1, 0.15) is 66.2 Å². The molecule has 9 heteroatoms. The minimum atomic E-state index is -2.15. The summed E-state index contributed by atoms with van der Waals surface area (Å²) in [6.07, 6.45) is 1.68. The molecule has 41 heavy (non-hydrogen) atoms. The fourth-order valence-corrected chi connectivity index (χ4v) is 11.4. The summed E-state index contributed by atoms with van der Waals surface area (Å²) in [5, 5.41) is 24.2. The number of nitrogens with two attached hydrogens (primary N) is 1. The minimum Gasteiger partial charge on any atom is -0.387 e. The van der Waals surface area contributed by atoms with Gasteiger partial charge in [-0.1, -0.05) is 39.8 Å². The van der Waals surface area contributed by atoms with Gasteiger partial charge in [0.25, 0.3) is 0 Å². The van der Waals surface area contributed by atoms with Gasteiger partial charge in [0.1, 0.15) is 17.3 Å². The molecular weight excluding hydrogens is 524 g/mol. The first-order valence-corrected chi connectivity index (χ1v) is 15.6. The normalized spacial score (nSPS) is 48.5. The van der Waals surface area contributed by atoms with Gasteiger partial charge >= 0.3 is 0 Å². The Morgan fingerprint density at radius 2 is 1.76 bits per heavy atom. The Morgan fingerprint density at radius 1 is 1.10 bits per heavy atom. The van der Waals surface area contributed by atoms with Crippen molar-refractivity contribution in [3.63, 3.8) is 0 Å². The van der Waals surface area contributed by atoms with Crippen molar-refractivity contribution in [3.8, 4) is 0 Å². The summed E-state index contributed by atoms with van der Waals surface area (Å²) in [5.74, 6) is -4.92. The molecule has 9 nitrogen and oxygen atoms in total. The lowest BCUT2D eigenvalue weighted by molar-refractivity contribution is -0.460. The van der Waals surface area contributed by atoms with E-state index in [0.29, 0.717) is 57.2 Å². The standard InChI is InChI=1S/C32H44N2O7/c1-15(2)21(33)26(38)34-12-9-17(10-13-34)24(36)30-16(3)18-6-7-19-29-14-41-32(40,31(19,22(18)30)27(30)39)25(37)23(29)28(4,5)11-8-20(29)35/h15,17-19,21-23,25,37,40H,3,6-14,33H2,1-2,4-5H3. The first kappa shape index (κ1) is 27.9. The smallest absolute Gasteiger partial charge is 0.239 e. The molecular formula is C32H44N2O7. The summed E-state index contributed by atoms with van der Waals surface area (Å²) in [7, 11) is 0. The molecule has 5 saturated carbocycles. The topological polar surface area (TPSA) is 147 Å². The highest BCUT2D eigenvalue weighted by atomic mass is 16.6. The average molecular weight is 569 g/mol. The van der Waals surface area contributed by atoms with Gasteiger partial charge in [0.15, 0.2) is 11.6 Å². The number of aliphatic hydroxyl groups is 2. The summed E-state index contributed by atoms with van der Waals surface area (Å²) in [4.78, 5) is 57.6. The summed E-state index contributed by atoms with van der Waals surface area (Å²) >= 11 is 0. The Morgan fingerprint density at radius 3 is 2.39 bits per heavy atom. The molecule has 3 heterocycles. The second-order valence-electron chi connectivity index (χ2n) is 15.3. The molecule has 0 aromatic rings. The van der Waals surface area contributed by atoms with Gasteiger partial charge < -0.3 is 25.6 Å². The quantitative estimate of drug-likeness (QED) is 0.343. The van der Waals surface area contributed by atoms with Crippen molar-refractivity contribution in [2.45, 2.75) is 84.2 Å². The van der Waals surface area contributed by atoms with Crippen molar-refractivity contribution in [1.82, 2.24) is 4.90 Å². The molecule has 10 unspecified atom stereocenters. The maximum absolute atomic E-state index is 14.8. The maximum atomic E-state index is 14.8. The number of nitrogens with zero attached hydrogens (tertiary/aromatic N) is 1. The molecule has 1 amide bonds. The molecule has 10 atom stereocenters. The zero-order valence-corrected chi connectivity index (χ0v) is 24.7. The van der Waals surface area contributed by atoms with E-state index in [1.54, 1.807) is 4.90 Å². The van der Waals surface area contributed by atoms with Gasteiger partial charge in [-0.2, -0.15) is 0 Å². The fraction of sp³-hybridized carbons (Fsp3) is 0.812. The van der Waals surface area contributed by atoms with E-state index < -0.39 is 69.0 Å². The van der Waals surface area contributed by atoms with E-state index in [9.17, 15) is 29.4 Å². The van der Waals surface area contributed by atoms with Crippen molar-refractivity contribution in [2.75, 3.05) is 19.7 Å². The summed E-state index contributed by atoms with van der Waals surface area (Å²) in [6, 6.07) is -0.593. The molecule has 2 spiro atoms. The largest absolute Gasteiger partial charge is 0.387 e. The number of hydrogen-bond acceptors (Lipinski definition) is 8. The van der Waals surface area contributed by atoms with Gasteiger partial charge in [-0.05, 0) is 55.3 Å². The molecule has 0 aromatic carbocycles. The Bertz CT molecular complexity index is 1280. The van der Waals surface area contributed by atoms with Crippen molar-refractivity contribution in [1.29, 1.82) is 0 Å². The Balaban J connectivity index is 1.23. The van der Waals surface area contributed by atoms with Crippen LogP contribution in [0, 0.1) is 57.2 Å². The first-order valence-electron chi connectivity index (χ1n) is 15.6. The van der Waals surface area contributed by atoms with Crippen LogP contribution in [0.25, 0.3) is 0 Å². The zero-order chi connectivity index (χ0) is 29.7. The molecule has 4 N–H and O–H groups in total. The monoisotopic (exact) mass is 568 g/mol. The highest BCUT2D eigenvalue weighted by molar-refractivity contribution is 6.21. The predicted molar refractivity (Wildman–Crippen MR) is 147 cm³/mol. The van der Waals surface area contributed by atoms with Gasteiger partial charge in [0.2, 0.25) is 11.7 Å². The molecule has 5 aliphatic carbocycles. The van der Waals surface area contributed by atoms with Gasteiger partial charge in [0.05, 0.1) is 23.5 Å². The molecule has 8 fully saturated rings. The Kier molecular flexibility index (Phi) is 5.54. The van der Waals surface area contributed by atoms with Crippen LogP contribution in [0.2, 0.25) is 0 Å². The average Bonchev–Trinajstić information content (AvgIpc) is 2.94. The number of hydrogen-bond donors (Lipinski definition) is 3. The highest BCUT2D eigenvalue weighted by Gasteiger charge is 2.96. The number of fused-ring (bicyclic) bond motifs is 1. The van der Waals surface area contributed by atoms with E-state index >= 15 is 0 Å². The molecule has 224 valence electrons. The van der Waals surface area contributed by atoms with Crippen molar-refractivity contribution in [2.24, 2.45) is 62.9 Å². The summed E-state index contributed by atoms with van der Waals surface area (Å²) < 4.78 is 6.09. The van der Waals surface area contributed by atoms with Crippen LogP contribution in [0.4, 0.5) is 0 Å². The van der Waals surface area contributed by atoms with Crippen LogP contribution in [0.3, 0.4) is 0 Å². The van der Waals surface area contributed by atoms with Crippen LogP contribution >= 0.6 is 0 Å². The third kappa shape index (κ3) is 2.71. The zero-order valence-electron chi connectivity index (χ0n) is 24.7. The minimum absolute atomic E-state index is 0.00251. The number of rotatable bonds is 4. The third-order valence-electron chi connectivity index (χ3n) is 13.3. The number of piperidine rings is 1. The maximum Gasteiger partial charge on any atom is 0.239 e. The number of allylic oxidation sites excluding steroid dienone is 1. The van der Waals surface area contributed by atoms with Crippen LogP contribution in [-0.4, -0.2) is 76.0 Å². The number of aliphatic hydroxyl groups excluding tert-OH is 1. The predicted octanol–water partition coefficient (Wildman–Crippen LogP) is 1.63. The second kappa shape index (κ2) is 8.16. The first-order chi connectivity index (χ1) is 19.2.